The third kappa shape index (κ3) is 4.17. The molecule has 0 aliphatic heterocycles. The third-order valence-electron chi connectivity index (χ3n) is 0.166. The van der Waals surface area contributed by atoms with Gasteiger partial charge in [0, 0.05) is 0 Å². The van der Waals surface area contributed by atoms with E-state index >= 15 is 0 Å². The molecule has 0 bridgehead atoms. The molecule has 0 aliphatic carbocycles. The summed E-state index contributed by atoms with van der Waals surface area (Å²) in [7, 11) is 5.06. The van der Waals surface area contributed by atoms with Gasteiger partial charge in [0.05, 0.1) is 0 Å². The summed E-state index contributed by atoms with van der Waals surface area (Å²) in [6.45, 7) is 0. The van der Waals surface area contributed by atoms with Crippen molar-refractivity contribution in [2.45, 2.75) is 0 Å². The molecule has 0 rings (SSSR count). The number of hydrogen-bond acceptors (Lipinski definition) is 1. The van der Waals surface area contributed by atoms with Crippen LogP contribution in [0.2, 0.25) is 0 Å². The Labute approximate surface area is 56.8 Å². The van der Waals surface area contributed by atoms with Crippen molar-refractivity contribution in [3.8, 4) is 0 Å². The second-order valence-corrected chi connectivity index (χ2v) is 21.4. The van der Waals surface area contributed by atoms with Crippen LogP contribution in [-0.2, 0) is 4.57 Å². The molecule has 0 atom stereocenters. The Balaban J connectivity index is 3.80. The zero-order valence-electron chi connectivity index (χ0n) is 2.88. The van der Waals surface area contributed by atoms with E-state index in [1.165, 1.54) is 0 Å². The summed E-state index contributed by atoms with van der Waals surface area (Å²) in [6.07, 6.45) is 0. The zero-order valence-corrected chi connectivity index (χ0v) is 8.28. The molecule has 3 nitrogen and oxygen atoms in total. The van der Waals surface area contributed by atoms with Crippen molar-refractivity contribution in [2.24, 2.45) is 0 Å². The van der Waals surface area contributed by atoms with E-state index in [2.05, 4.69) is 12.7 Å². The van der Waals surface area contributed by atoms with Crippen molar-refractivity contribution in [3.05, 3.63) is 0 Å². The van der Waals surface area contributed by atoms with Crippen molar-refractivity contribution >= 4 is 42.8 Å². The Morgan fingerprint density at radius 3 is 1.86 bits per heavy atom. The molecule has 0 amide bonds. The van der Waals surface area contributed by atoms with Crippen molar-refractivity contribution in [3.63, 3.8) is 0 Å². The number of halogens is 3. The van der Waals surface area contributed by atoms with E-state index in [-0.39, 0.29) is 0 Å². The third-order valence-corrected chi connectivity index (χ3v) is 13.7. The van der Waals surface area contributed by atoms with Crippen LogP contribution in [0.5, 0.6) is 0 Å². The predicted octanol–water partition coefficient (Wildman–Crippen LogP) is 2.05. The van der Waals surface area contributed by atoms with E-state index < -0.39 is 21.2 Å². The van der Waals surface area contributed by atoms with E-state index in [1.807, 2.05) is 0 Å². The van der Waals surface area contributed by atoms with Gasteiger partial charge in [-0.05, 0) is 0 Å². The summed E-state index contributed by atoms with van der Waals surface area (Å²) in [5.74, 6) is 0. The van der Waals surface area contributed by atoms with Crippen LogP contribution in [0, 0.1) is 0 Å². The standard InChI is InChI=1S/BrClH2IO3P/c1-3(2)7(4,5)6/h(H2,4,5,6). The van der Waals surface area contributed by atoms with Gasteiger partial charge in [-0.2, -0.15) is 0 Å². The Hall–Kier alpha value is 1.65. The fourth-order valence-electron chi connectivity index (χ4n) is 0. The molecule has 2 N–H and O–H groups in total. The summed E-state index contributed by atoms with van der Waals surface area (Å²) in [5, 5.41) is -3.90. The summed E-state index contributed by atoms with van der Waals surface area (Å²) in [4.78, 5) is 16.2. The number of rotatable bonds is 1. The predicted molar refractivity (Wildman–Crippen MR) is 40.8 cm³/mol. The first-order valence-electron chi connectivity index (χ1n) is 1.04. The number of hydrogen-bond donors (Lipinski definition) is 2. The molecule has 0 aromatic heterocycles. The first kappa shape index (κ1) is 8.65. The molecule has 0 heterocycles. The van der Waals surface area contributed by atoms with E-state index in [4.69, 9.17) is 18.7 Å². The topological polar surface area (TPSA) is 57.5 Å². The van der Waals surface area contributed by atoms with E-state index in [9.17, 15) is 4.57 Å². The molecule has 0 unspecified atom stereocenters. The summed E-state index contributed by atoms with van der Waals surface area (Å²) >= 11 is 0.0982. The molecule has 0 spiro atoms. The Morgan fingerprint density at radius 1 is 1.71 bits per heavy atom. The second-order valence-electron chi connectivity index (χ2n) is 0.655. The van der Waals surface area contributed by atoms with Crippen LogP contribution in [0.3, 0.4) is 0 Å². The van der Waals surface area contributed by atoms with Gasteiger partial charge in [0.15, 0.2) is 0 Å². The van der Waals surface area contributed by atoms with E-state index in [0.29, 0.717) is 0 Å². The SMILES string of the molecule is O=P(O)(O)I(Cl)Br. The Morgan fingerprint density at radius 2 is 1.86 bits per heavy atom. The van der Waals surface area contributed by atoms with Gasteiger partial charge in [-0.1, -0.05) is 0 Å². The molecular formula is H2BrClIO3P. The average Bonchev–Trinajstić information content (AvgIpc) is 1.31. The Kier molecular flexibility index (Phi) is 3.69. The fourth-order valence-corrected chi connectivity index (χ4v) is 0. The van der Waals surface area contributed by atoms with E-state index in [1.54, 1.807) is 0 Å². The average molecular weight is 323 g/mol. The van der Waals surface area contributed by atoms with Gasteiger partial charge in [-0.25, -0.2) is 0 Å². The maximum absolute atomic E-state index is 9.92. The van der Waals surface area contributed by atoms with Crippen LogP contribution in [0.1, 0.15) is 0 Å². The fraction of sp³-hybridized carbons (Fsp3) is 0. The molecule has 0 saturated carbocycles. The first-order valence-corrected chi connectivity index (χ1v) is 13.0. The van der Waals surface area contributed by atoms with Crippen LogP contribution in [-0.4, -0.2) is 9.79 Å². The minimum atomic E-state index is -3.90. The Bertz CT molecular complexity index is 97.1. The van der Waals surface area contributed by atoms with Crippen LogP contribution in [0.4, 0.5) is 0 Å². The van der Waals surface area contributed by atoms with Gasteiger partial charge in [0.25, 0.3) is 0 Å². The quantitative estimate of drug-likeness (QED) is 0.574. The van der Waals surface area contributed by atoms with Crippen molar-refractivity contribution < 1.29 is 14.4 Å². The van der Waals surface area contributed by atoms with Gasteiger partial charge < -0.3 is 0 Å². The van der Waals surface area contributed by atoms with Gasteiger partial charge in [-0.3, -0.25) is 0 Å². The summed E-state index contributed by atoms with van der Waals surface area (Å²) < 4.78 is 9.92. The van der Waals surface area contributed by atoms with Crippen LogP contribution in [0.25, 0.3) is 0 Å². The van der Waals surface area contributed by atoms with Gasteiger partial charge in [-0.15, -0.1) is 0 Å². The van der Waals surface area contributed by atoms with Crippen molar-refractivity contribution in [1.29, 1.82) is 0 Å². The van der Waals surface area contributed by atoms with Gasteiger partial charge in [0.1, 0.15) is 0 Å². The molecule has 7 heavy (non-hydrogen) atoms. The second kappa shape index (κ2) is 2.98. The van der Waals surface area contributed by atoms with Crippen LogP contribution in [0.15, 0.2) is 0 Å². The molecule has 0 fully saturated rings. The molecule has 0 aliphatic rings. The molecule has 7 heteroatoms. The van der Waals surface area contributed by atoms with Crippen molar-refractivity contribution in [1.82, 2.24) is 0 Å². The first-order chi connectivity index (χ1) is 2.94. The monoisotopic (exact) mass is 322 g/mol. The molecule has 46 valence electrons. The van der Waals surface area contributed by atoms with Gasteiger partial charge in [0.2, 0.25) is 0 Å². The zero-order chi connectivity index (χ0) is 6.08. The van der Waals surface area contributed by atoms with Crippen LogP contribution < -0.4 is 0 Å². The van der Waals surface area contributed by atoms with Crippen molar-refractivity contribution in [2.75, 3.05) is 0 Å². The summed E-state index contributed by atoms with van der Waals surface area (Å²) in [5.41, 5.74) is 0. The normalized spacial score (nSPS) is 14.0. The maximum atomic E-state index is 9.92. The molecule has 0 radical (unpaired) electrons. The molecule has 0 saturated heterocycles. The minimum absolute atomic E-state index is 2.56. The van der Waals surface area contributed by atoms with Crippen LogP contribution >= 0.6 is 42.8 Å². The molecular weight excluding hydrogens is 321 g/mol. The summed E-state index contributed by atoms with van der Waals surface area (Å²) in [6, 6.07) is 0. The van der Waals surface area contributed by atoms with E-state index in [0.717, 1.165) is 0 Å². The molecule has 0 aromatic rings. The van der Waals surface area contributed by atoms with Gasteiger partial charge >= 0.3 is 57.1 Å². The molecule has 0 aromatic carbocycles.